The first-order chi connectivity index (χ1) is 12.6. The lowest BCUT2D eigenvalue weighted by atomic mass is 10.2. The van der Waals surface area contributed by atoms with Crippen LogP contribution in [0.3, 0.4) is 0 Å². The number of amides is 1. The molecule has 0 aliphatic rings. The summed E-state index contributed by atoms with van der Waals surface area (Å²) < 4.78 is 7.02. The van der Waals surface area contributed by atoms with Crippen molar-refractivity contribution in [3.05, 3.63) is 64.0 Å². The number of anilines is 1. The molecule has 3 rings (SSSR count). The van der Waals surface area contributed by atoms with Crippen LogP contribution < -0.4 is 15.6 Å². The summed E-state index contributed by atoms with van der Waals surface area (Å²) in [6.07, 6.45) is 2.05. The van der Waals surface area contributed by atoms with Gasteiger partial charge in [-0.25, -0.2) is 4.98 Å². The predicted molar refractivity (Wildman–Crippen MR) is 102 cm³/mol. The number of para-hydroxylation sites is 2. The third-order valence-electron chi connectivity index (χ3n) is 3.73. The van der Waals surface area contributed by atoms with E-state index in [4.69, 9.17) is 16.3 Å². The van der Waals surface area contributed by atoms with Gasteiger partial charge < -0.3 is 10.1 Å². The lowest BCUT2D eigenvalue weighted by Gasteiger charge is -2.14. The van der Waals surface area contributed by atoms with Crippen molar-refractivity contribution >= 4 is 34.2 Å². The highest BCUT2D eigenvalue weighted by molar-refractivity contribution is 6.31. The van der Waals surface area contributed by atoms with E-state index in [1.54, 1.807) is 36.4 Å². The normalized spacial score (nSPS) is 10.7. The fraction of sp³-hybridized carbons (Fsp3) is 0.211. The second-order valence-corrected chi connectivity index (χ2v) is 6.14. The minimum atomic E-state index is -0.355. The molecule has 0 saturated carbocycles. The zero-order chi connectivity index (χ0) is 18.5. The maximum atomic E-state index is 12.5. The number of hydrogen-bond donors (Lipinski definition) is 1. The lowest BCUT2D eigenvalue weighted by Crippen LogP contribution is -2.28. The molecular weight excluding hydrogens is 354 g/mol. The topological polar surface area (TPSA) is 73.2 Å². The highest BCUT2D eigenvalue weighted by Crippen LogP contribution is 2.28. The average molecular weight is 372 g/mol. The SMILES string of the molecule is CCCOc1ccc(Cl)cc1NC(=O)Cn1c(=O)cnc2ccccc21. The van der Waals surface area contributed by atoms with Crippen LogP contribution in [0.5, 0.6) is 5.75 Å². The van der Waals surface area contributed by atoms with E-state index in [1.807, 2.05) is 13.0 Å². The van der Waals surface area contributed by atoms with E-state index in [9.17, 15) is 9.59 Å². The molecule has 1 heterocycles. The first-order valence-corrected chi connectivity index (χ1v) is 8.63. The Bertz CT molecular complexity index is 1000. The molecule has 0 aliphatic carbocycles. The van der Waals surface area contributed by atoms with E-state index < -0.39 is 0 Å². The molecule has 0 radical (unpaired) electrons. The fourth-order valence-corrected chi connectivity index (χ4v) is 2.72. The molecule has 3 aromatic rings. The fourth-order valence-electron chi connectivity index (χ4n) is 2.55. The van der Waals surface area contributed by atoms with Crippen molar-refractivity contribution in [2.24, 2.45) is 0 Å². The van der Waals surface area contributed by atoms with Gasteiger partial charge in [-0.15, -0.1) is 0 Å². The number of fused-ring (bicyclic) bond motifs is 1. The third-order valence-corrected chi connectivity index (χ3v) is 3.97. The van der Waals surface area contributed by atoms with Crippen LogP contribution in [-0.4, -0.2) is 22.1 Å². The Hall–Kier alpha value is -2.86. The Kier molecular flexibility index (Phi) is 5.53. The lowest BCUT2D eigenvalue weighted by molar-refractivity contribution is -0.116. The van der Waals surface area contributed by atoms with Crippen LogP contribution in [0.2, 0.25) is 5.02 Å². The maximum Gasteiger partial charge on any atom is 0.269 e. The van der Waals surface area contributed by atoms with Gasteiger partial charge in [0.05, 0.1) is 29.5 Å². The second-order valence-electron chi connectivity index (χ2n) is 5.71. The van der Waals surface area contributed by atoms with Gasteiger partial charge in [-0.1, -0.05) is 30.7 Å². The van der Waals surface area contributed by atoms with Crippen LogP contribution in [0, 0.1) is 0 Å². The third kappa shape index (κ3) is 4.03. The Morgan fingerprint density at radius 2 is 2.08 bits per heavy atom. The van der Waals surface area contributed by atoms with E-state index in [-0.39, 0.29) is 18.0 Å². The maximum absolute atomic E-state index is 12.5. The van der Waals surface area contributed by atoms with E-state index >= 15 is 0 Å². The van der Waals surface area contributed by atoms with Gasteiger partial charge in [-0.05, 0) is 36.8 Å². The van der Waals surface area contributed by atoms with Crippen LogP contribution in [0.1, 0.15) is 13.3 Å². The van der Waals surface area contributed by atoms with E-state index in [0.717, 1.165) is 6.42 Å². The van der Waals surface area contributed by atoms with Gasteiger partial charge in [0, 0.05) is 5.02 Å². The summed E-state index contributed by atoms with van der Waals surface area (Å²) in [6.45, 7) is 2.38. The highest BCUT2D eigenvalue weighted by atomic mass is 35.5. The van der Waals surface area contributed by atoms with E-state index in [2.05, 4.69) is 10.3 Å². The van der Waals surface area contributed by atoms with Crippen molar-refractivity contribution in [1.29, 1.82) is 0 Å². The zero-order valence-corrected chi connectivity index (χ0v) is 15.0. The number of benzene rings is 2. The summed E-state index contributed by atoms with van der Waals surface area (Å²) in [6, 6.07) is 12.2. The van der Waals surface area contributed by atoms with Gasteiger partial charge in [-0.3, -0.25) is 14.2 Å². The van der Waals surface area contributed by atoms with Crippen molar-refractivity contribution < 1.29 is 9.53 Å². The van der Waals surface area contributed by atoms with Gasteiger partial charge >= 0.3 is 0 Å². The molecule has 1 amide bonds. The number of carbonyl (C=O) groups is 1. The van der Waals surface area contributed by atoms with Crippen molar-refractivity contribution in [1.82, 2.24) is 9.55 Å². The molecule has 2 aromatic carbocycles. The molecule has 134 valence electrons. The Labute approximate surface area is 155 Å². The van der Waals surface area contributed by atoms with Gasteiger partial charge in [0.2, 0.25) is 5.91 Å². The van der Waals surface area contributed by atoms with Gasteiger partial charge in [0.1, 0.15) is 12.3 Å². The molecule has 0 aliphatic heterocycles. The molecule has 1 aromatic heterocycles. The van der Waals surface area contributed by atoms with Crippen LogP contribution in [0.15, 0.2) is 53.5 Å². The van der Waals surface area contributed by atoms with Gasteiger partial charge in [-0.2, -0.15) is 0 Å². The Morgan fingerprint density at radius 1 is 1.27 bits per heavy atom. The quantitative estimate of drug-likeness (QED) is 0.720. The minimum absolute atomic E-state index is 0.137. The molecule has 0 saturated heterocycles. The number of ether oxygens (including phenoxy) is 1. The molecule has 0 spiro atoms. The molecule has 0 fully saturated rings. The molecular formula is C19H18ClN3O3. The van der Waals surface area contributed by atoms with E-state index in [1.165, 1.54) is 10.8 Å². The molecule has 0 unspecified atom stereocenters. The number of hydrogen-bond acceptors (Lipinski definition) is 4. The summed E-state index contributed by atoms with van der Waals surface area (Å²) >= 11 is 6.03. The summed E-state index contributed by atoms with van der Waals surface area (Å²) in [5.74, 6) is 0.184. The molecule has 1 N–H and O–H groups in total. The zero-order valence-electron chi connectivity index (χ0n) is 14.2. The second kappa shape index (κ2) is 8.01. The van der Waals surface area contributed by atoms with E-state index in [0.29, 0.717) is 34.1 Å². The first-order valence-electron chi connectivity index (χ1n) is 8.25. The van der Waals surface area contributed by atoms with Crippen molar-refractivity contribution in [3.8, 4) is 5.75 Å². The Balaban J connectivity index is 1.85. The average Bonchev–Trinajstić information content (AvgIpc) is 2.63. The van der Waals surface area contributed by atoms with Gasteiger partial charge in [0.15, 0.2) is 0 Å². The van der Waals surface area contributed by atoms with Crippen LogP contribution in [-0.2, 0) is 11.3 Å². The minimum Gasteiger partial charge on any atom is -0.491 e. The monoisotopic (exact) mass is 371 g/mol. The Morgan fingerprint density at radius 3 is 2.88 bits per heavy atom. The number of halogens is 1. The van der Waals surface area contributed by atoms with Crippen molar-refractivity contribution in [3.63, 3.8) is 0 Å². The van der Waals surface area contributed by atoms with Crippen LogP contribution >= 0.6 is 11.6 Å². The molecule has 0 bridgehead atoms. The molecule has 6 nitrogen and oxygen atoms in total. The smallest absolute Gasteiger partial charge is 0.269 e. The summed E-state index contributed by atoms with van der Waals surface area (Å²) in [5, 5.41) is 3.25. The van der Waals surface area contributed by atoms with Crippen LogP contribution in [0.4, 0.5) is 5.69 Å². The predicted octanol–water partition coefficient (Wildman–Crippen LogP) is 3.48. The number of aromatic nitrogens is 2. The highest BCUT2D eigenvalue weighted by Gasteiger charge is 2.12. The van der Waals surface area contributed by atoms with Gasteiger partial charge in [0.25, 0.3) is 5.56 Å². The number of nitrogens with one attached hydrogen (secondary N) is 1. The number of nitrogens with zero attached hydrogens (tertiary/aromatic N) is 2. The number of carbonyl (C=O) groups excluding carboxylic acids is 1. The molecule has 26 heavy (non-hydrogen) atoms. The standard InChI is InChI=1S/C19H18ClN3O3/c1-2-9-26-17-8-7-13(20)10-15(17)22-18(24)12-23-16-6-4-3-5-14(16)21-11-19(23)25/h3-8,10-11H,2,9,12H2,1H3,(H,22,24). The van der Waals surface area contributed by atoms with Crippen LogP contribution in [0.25, 0.3) is 11.0 Å². The number of rotatable bonds is 6. The van der Waals surface area contributed by atoms with Crippen molar-refractivity contribution in [2.45, 2.75) is 19.9 Å². The molecule has 7 heteroatoms. The van der Waals surface area contributed by atoms with Crippen molar-refractivity contribution in [2.75, 3.05) is 11.9 Å². The summed E-state index contributed by atoms with van der Waals surface area (Å²) in [5.41, 5.74) is 1.38. The summed E-state index contributed by atoms with van der Waals surface area (Å²) in [7, 11) is 0. The first kappa shape index (κ1) is 17.9. The molecule has 0 atom stereocenters. The summed E-state index contributed by atoms with van der Waals surface area (Å²) in [4.78, 5) is 28.8. The largest absolute Gasteiger partial charge is 0.491 e.